The third-order valence-corrected chi connectivity index (χ3v) is 2.50. The largest absolute Gasteiger partial charge is 0.480 e. The number of carbonyl (C=O) groups is 3. The second-order valence-corrected chi connectivity index (χ2v) is 4.71. The number of nitrogens with one attached hydrogen (secondary N) is 2. The van der Waals surface area contributed by atoms with Crippen molar-refractivity contribution in [3.05, 3.63) is 0 Å². The van der Waals surface area contributed by atoms with Gasteiger partial charge in [-0.1, -0.05) is 0 Å². The molecule has 0 saturated carbocycles. The van der Waals surface area contributed by atoms with Crippen LogP contribution in [0.5, 0.6) is 0 Å². The number of hydrogen-bond acceptors (Lipinski definition) is 5. The highest BCUT2D eigenvalue weighted by Crippen LogP contribution is 1.97. The van der Waals surface area contributed by atoms with Crippen molar-refractivity contribution in [3.63, 3.8) is 0 Å². The van der Waals surface area contributed by atoms with Gasteiger partial charge in [0.25, 0.3) is 0 Å². The topological polar surface area (TPSA) is 134 Å². The Morgan fingerprint density at radius 2 is 1.95 bits per heavy atom. The highest BCUT2D eigenvalue weighted by Gasteiger charge is 2.20. The molecule has 122 valence electrons. The molecule has 0 aromatic rings. The Morgan fingerprint density at radius 1 is 1.29 bits per heavy atom. The van der Waals surface area contributed by atoms with Crippen LogP contribution in [0.15, 0.2) is 0 Å². The van der Waals surface area contributed by atoms with E-state index in [-0.39, 0.29) is 19.4 Å². The average Bonchev–Trinajstić information content (AvgIpc) is 2.37. The lowest BCUT2D eigenvalue weighted by Gasteiger charge is -2.14. The van der Waals surface area contributed by atoms with Crippen molar-refractivity contribution in [3.8, 4) is 0 Å². The second-order valence-electron chi connectivity index (χ2n) is 4.71. The van der Waals surface area contributed by atoms with Gasteiger partial charge in [-0.25, -0.2) is 9.59 Å². The quantitative estimate of drug-likeness (QED) is 0.346. The molecule has 0 aromatic carbocycles. The van der Waals surface area contributed by atoms with Crippen LogP contribution in [0.2, 0.25) is 0 Å². The zero-order valence-corrected chi connectivity index (χ0v) is 12.4. The van der Waals surface area contributed by atoms with Crippen molar-refractivity contribution in [1.29, 1.82) is 0 Å². The van der Waals surface area contributed by atoms with Crippen LogP contribution in [0.25, 0.3) is 0 Å². The normalized spacial score (nSPS) is 12.0. The summed E-state index contributed by atoms with van der Waals surface area (Å²) in [5.74, 6) is -1.83. The zero-order chi connectivity index (χ0) is 16.3. The monoisotopic (exact) mass is 304 g/mol. The molecule has 1 atom stereocenters. The van der Waals surface area contributed by atoms with E-state index in [4.69, 9.17) is 15.6 Å². The van der Waals surface area contributed by atoms with Gasteiger partial charge in [0.1, 0.15) is 6.04 Å². The summed E-state index contributed by atoms with van der Waals surface area (Å²) in [7, 11) is 3.85. The van der Waals surface area contributed by atoms with Crippen LogP contribution in [-0.2, 0) is 14.3 Å². The number of carbonyl (C=O) groups excluding carboxylic acids is 2. The highest BCUT2D eigenvalue weighted by molar-refractivity contribution is 5.83. The first-order valence-corrected chi connectivity index (χ1v) is 6.61. The smallest absolute Gasteiger partial charge is 0.326 e. The highest BCUT2D eigenvalue weighted by atomic mass is 16.5. The number of carboxylic acid groups (broad SMARTS) is 1. The molecule has 0 bridgehead atoms. The molecule has 0 fully saturated rings. The number of nitrogens with zero attached hydrogens (tertiary/aromatic N) is 1. The Morgan fingerprint density at radius 3 is 2.48 bits per heavy atom. The van der Waals surface area contributed by atoms with E-state index in [9.17, 15) is 14.4 Å². The van der Waals surface area contributed by atoms with E-state index in [0.29, 0.717) is 13.2 Å². The van der Waals surface area contributed by atoms with Gasteiger partial charge in [-0.05, 0) is 20.5 Å². The predicted molar refractivity (Wildman–Crippen MR) is 75.8 cm³/mol. The Hall–Kier alpha value is -1.87. The van der Waals surface area contributed by atoms with E-state index in [0.717, 1.165) is 6.54 Å². The van der Waals surface area contributed by atoms with Crippen molar-refractivity contribution in [2.24, 2.45) is 5.73 Å². The third-order valence-electron chi connectivity index (χ3n) is 2.50. The molecule has 5 N–H and O–H groups in total. The van der Waals surface area contributed by atoms with Crippen LogP contribution < -0.4 is 16.4 Å². The van der Waals surface area contributed by atoms with E-state index in [2.05, 4.69) is 10.6 Å². The van der Waals surface area contributed by atoms with Crippen LogP contribution >= 0.6 is 0 Å². The first-order chi connectivity index (χ1) is 9.82. The lowest BCUT2D eigenvalue weighted by Crippen LogP contribution is -2.47. The van der Waals surface area contributed by atoms with Gasteiger partial charge in [-0.2, -0.15) is 0 Å². The van der Waals surface area contributed by atoms with Crippen molar-refractivity contribution in [1.82, 2.24) is 15.5 Å². The minimum Gasteiger partial charge on any atom is -0.480 e. The van der Waals surface area contributed by atoms with Gasteiger partial charge < -0.3 is 31.1 Å². The van der Waals surface area contributed by atoms with E-state index < -0.39 is 23.9 Å². The molecule has 9 nitrogen and oxygen atoms in total. The zero-order valence-electron chi connectivity index (χ0n) is 12.4. The molecule has 3 amide bonds. The number of hydrogen-bond donors (Lipinski definition) is 4. The molecule has 0 heterocycles. The Bertz CT molecular complexity index is 349. The summed E-state index contributed by atoms with van der Waals surface area (Å²) in [6.45, 7) is 1.93. The molecular formula is C12H24N4O5. The first-order valence-electron chi connectivity index (χ1n) is 6.61. The number of rotatable bonds is 11. The van der Waals surface area contributed by atoms with Gasteiger partial charge >= 0.3 is 12.0 Å². The fraction of sp³-hybridized carbons (Fsp3) is 0.750. The lowest BCUT2D eigenvalue weighted by molar-refractivity contribution is -0.139. The van der Waals surface area contributed by atoms with E-state index >= 15 is 0 Å². The minimum absolute atomic E-state index is 0.0442. The summed E-state index contributed by atoms with van der Waals surface area (Å²) < 4.78 is 5.26. The second kappa shape index (κ2) is 10.9. The van der Waals surface area contributed by atoms with Crippen LogP contribution in [0.3, 0.4) is 0 Å². The van der Waals surface area contributed by atoms with Gasteiger partial charge in [-0.15, -0.1) is 0 Å². The summed E-state index contributed by atoms with van der Waals surface area (Å²) in [5.41, 5.74) is 4.94. The molecule has 0 aromatic heterocycles. The maximum Gasteiger partial charge on any atom is 0.326 e. The van der Waals surface area contributed by atoms with Crippen LogP contribution in [-0.4, -0.2) is 74.4 Å². The van der Waals surface area contributed by atoms with Gasteiger partial charge in [0.15, 0.2) is 0 Å². The maximum absolute atomic E-state index is 11.5. The molecule has 0 radical (unpaired) electrons. The van der Waals surface area contributed by atoms with Crippen LogP contribution in [0, 0.1) is 0 Å². The van der Waals surface area contributed by atoms with Gasteiger partial charge in [0.05, 0.1) is 13.2 Å². The van der Waals surface area contributed by atoms with Crippen molar-refractivity contribution in [2.75, 3.05) is 40.4 Å². The Balaban J connectivity index is 3.83. The van der Waals surface area contributed by atoms with E-state index in [1.807, 2.05) is 19.0 Å². The van der Waals surface area contributed by atoms with Crippen molar-refractivity contribution < 1.29 is 24.2 Å². The number of primary amides is 1. The molecule has 0 aliphatic rings. The predicted octanol–water partition coefficient (Wildman–Crippen LogP) is -1.42. The number of aliphatic carboxylic acids is 1. The number of amides is 3. The molecule has 0 spiro atoms. The van der Waals surface area contributed by atoms with Crippen LogP contribution in [0.1, 0.15) is 12.8 Å². The molecular weight excluding hydrogens is 280 g/mol. The van der Waals surface area contributed by atoms with Gasteiger partial charge in [0, 0.05) is 19.5 Å². The molecule has 1 unspecified atom stereocenters. The summed E-state index contributed by atoms with van der Waals surface area (Å²) >= 11 is 0. The van der Waals surface area contributed by atoms with Crippen molar-refractivity contribution in [2.45, 2.75) is 18.9 Å². The molecule has 0 aliphatic heterocycles. The number of nitrogens with two attached hydrogens (primary N) is 1. The number of urea groups is 1. The molecule has 0 aliphatic carbocycles. The maximum atomic E-state index is 11.5. The third kappa shape index (κ3) is 11.6. The molecule has 0 saturated heterocycles. The summed E-state index contributed by atoms with van der Waals surface area (Å²) in [6.07, 6.45) is -0.150. The average molecular weight is 304 g/mol. The first kappa shape index (κ1) is 19.1. The standard InChI is InChI=1S/C12H24N4O5/c1-16(2)6-8-21-7-5-14-12(20)15-9(11(18)19)3-4-10(13)17/h9H,3-8H2,1-2H3,(H2,13,17)(H,18,19)(H2,14,15,20). The number of ether oxygens (including phenoxy) is 1. The van der Waals surface area contributed by atoms with Gasteiger partial charge in [0.2, 0.25) is 5.91 Å². The Labute approximate surface area is 123 Å². The summed E-state index contributed by atoms with van der Waals surface area (Å²) in [6, 6.07) is -1.77. The SMILES string of the molecule is CN(C)CCOCCNC(=O)NC(CCC(N)=O)C(=O)O. The minimum atomic E-state index is -1.21. The van der Waals surface area contributed by atoms with Gasteiger partial charge in [-0.3, -0.25) is 4.79 Å². The lowest BCUT2D eigenvalue weighted by atomic mass is 10.1. The molecule has 0 rings (SSSR count). The summed E-state index contributed by atoms with van der Waals surface area (Å²) in [4.78, 5) is 35.0. The molecule has 9 heteroatoms. The van der Waals surface area contributed by atoms with E-state index in [1.165, 1.54) is 0 Å². The number of likely N-dealkylation sites (N-methyl/N-ethyl adjacent to an activating group) is 1. The molecule has 21 heavy (non-hydrogen) atoms. The van der Waals surface area contributed by atoms with Crippen LogP contribution in [0.4, 0.5) is 4.79 Å². The van der Waals surface area contributed by atoms with E-state index in [1.54, 1.807) is 0 Å². The Kier molecular flexibility index (Phi) is 9.90. The fourth-order valence-corrected chi connectivity index (χ4v) is 1.34. The summed E-state index contributed by atoms with van der Waals surface area (Å²) in [5, 5.41) is 13.6. The van der Waals surface area contributed by atoms with Crippen molar-refractivity contribution >= 4 is 17.9 Å². The fourth-order valence-electron chi connectivity index (χ4n) is 1.34. The number of carboxylic acids is 1.